The highest BCUT2D eigenvalue weighted by atomic mass is 16.2. The van der Waals surface area contributed by atoms with Crippen LogP contribution in [-0.4, -0.2) is 23.4 Å². The third-order valence-corrected chi connectivity index (χ3v) is 7.26. The number of hydrogen-bond acceptors (Lipinski definition) is 3. The highest BCUT2D eigenvalue weighted by Gasteiger charge is 2.53. The van der Waals surface area contributed by atoms with Crippen molar-refractivity contribution in [1.82, 2.24) is 5.32 Å². The SMILES string of the molecule is Cc1ccc(N2C(=O)C[C@H](NC34CC5CC(CC(C5)C3)C4)C2=O)c(C)c1. The van der Waals surface area contributed by atoms with Gasteiger partial charge in [-0.05, 0) is 81.8 Å². The van der Waals surface area contributed by atoms with Gasteiger partial charge in [0.15, 0.2) is 0 Å². The van der Waals surface area contributed by atoms with Crippen molar-refractivity contribution < 1.29 is 9.59 Å². The Morgan fingerprint density at radius 1 is 1.00 bits per heavy atom. The summed E-state index contributed by atoms with van der Waals surface area (Å²) in [4.78, 5) is 27.2. The van der Waals surface area contributed by atoms with Crippen molar-refractivity contribution in [2.45, 2.75) is 70.4 Å². The fourth-order valence-corrected chi connectivity index (χ4v) is 6.71. The molecule has 4 nitrogen and oxygen atoms in total. The summed E-state index contributed by atoms with van der Waals surface area (Å²) in [5.41, 5.74) is 2.99. The van der Waals surface area contributed by atoms with E-state index in [2.05, 4.69) is 5.32 Å². The van der Waals surface area contributed by atoms with E-state index in [0.29, 0.717) is 6.42 Å². The van der Waals surface area contributed by atoms with Crippen LogP contribution in [0.3, 0.4) is 0 Å². The third kappa shape index (κ3) is 2.53. The van der Waals surface area contributed by atoms with Crippen molar-refractivity contribution in [3.8, 4) is 0 Å². The van der Waals surface area contributed by atoms with Crippen LogP contribution in [0, 0.1) is 31.6 Å². The minimum absolute atomic E-state index is 0.0577. The Labute approximate surface area is 155 Å². The van der Waals surface area contributed by atoms with Gasteiger partial charge in [0.25, 0.3) is 5.91 Å². The number of hydrogen-bond donors (Lipinski definition) is 1. The number of carbonyl (C=O) groups is 2. The minimum Gasteiger partial charge on any atom is -0.300 e. The molecule has 1 aromatic rings. The van der Waals surface area contributed by atoms with E-state index in [9.17, 15) is 9.59 Å². The first kappa shape index (κ1) is 16.5. The smallest absolute Gasteiger partial charge is 0.251 e. The Morgan fingerprint density at radius 2 is 1.62 bits per heavy atom. The van der Waals surface area contributed by atoms with E-state index >= 15 is 0 Å². The average molecular weight is 352 g/mol. The van der Waals surface area contributed by atoms with E-state index in [1.54, 1.807) is 0 Å². The van der Waals surface area contributed by atoms with Crippen molar-refractivity contribution in [3.63, 3.8) is 0 Å². The van der Waals surface area contributed by atoms with Gasteiger partial charge in [-0.2, -0.15) is 0 Å². The molecule has 1 N–H and O–H groups in total. The van der Waals surface area contributed by atoms with Gasteiger partial charge >= 0.3 is 0 Å². The summed E-state index contributed by atoms with van der Waals surface area (Å²) < 4.78 is 0. The Bertz CT molecular complexity index is 749. The van der Waals surface area contributed by atoms with Crippen molar-refractivity contribution in [2.75, 3.05) is 4.90 Å². The molecule has 1 aromatic carbocycles. The van der Waals surface area contributed by atoms with Crippen molar-refractivity contribution >= 4 is 17.5 Å². The van der Waals surface area contributed by atoms with Gasteiger partial charge in [-0.25, -0.2) is 4.90 Å². The summed E-state index contributed by atoms with van der Waals surface area (Å²) in [6, 6.07) is 5.57. The van der Waals surface area contributed by atoms with E-state index in [1.807, 2.05) is 32.0 Å². The second-order valence-corrected chi connectivity index (χ2v) is 9.46. The molecule has 0 spiro atoms. The lowest BCUT2D eigenvalue weighted by Crippen LogP contribution is -2.61. The van der Waals surface area contributed by atoms with E-state index < -0.39 is 0 Å². The molecular weight excluding hydrogens is 324 g/mol. The minimum atomic E-state index is -0.348. The molecule has 0 unspecified atom stereocenters. The lowest BCUT2D eigenvalue weighted by molar-refractivity contribution is -0.122. The number of nitrogens with zero attached hydrogens (tertiary/aromatic N) is 1. The lowest BCUT2D eigenvalue weighted by Gasteiger charge is -2.57. The van der Waals surface area contributed by atoms with Gasteiger partial charge in [0, 0.05) is 5.54 Å². The average Bonchev–Trinajstić information content (AvgIpc) is 2.80. The number of aryl methyl sites for hydroxylation is 2. The zero-order valence-electron chi connectivity index (χ0n) is 15.8. The second kappa shape index (κ2) is 5.66. The summed E-state index contributed by atoms with van der Waals surface area (Å²) in [6.45, 7) is 4.00. The van der Waals surface area contributed by atoms with Crippen LogP contribution in [0.15, 0.2) is 18.2 Å². The Balaban J connectivity index is 1.38. The van der Waals surface area contributed by atoms with Gasteiger partial charge in [0.05, 0.1) is 18.2 Å². The predicted octanol–water partition coefficient (Wildman–Crippen LogP) is 3.49. The molecule has 0 radical (unpaired) electrons. The first-order valence-corrected chi connectivity index (χ1v) is 10.1. The van der Waals surface area contributed by atoms with Crippen LogP contribution in [0.2, 0.25) is 0 Å². The summed E-state index contributed by atoms with van der Waals surface area (Å²) in [6.07, 6.45) is 8.03. The van der Waals surface area contributed by atoms with Gasteiger partial charge in [0.1, 0.15) is 0 Å². The zero-order chi connectivity index (χ0) is 18.1. The van der Waals surface area contributed by atoms with Crippen LogP contribution in [0.25, 0.3) is 0 Å². The molecule has 6 rings (SSSR count). The number of imide groups is 1. The number of amides is 2. The zero-order valence-corrected chi connectivity index (χ0v) is 15.8. The summed E-state index contributed by atoms with van der Waals surface area (Å²) in [7, 11) is 0. The lowest BCUT2D eigenvalue weighted by atomic mass is 9.53. The second-order valence-electron chi connectivity index (χ2n) is 9.46. The van der Waals surface area contributed by atoms with E-state index in [4.69, 9.17) is 0 Å². The number of nitrogens with one attached hydrogen (secondary N) is 1. The number of carbonyl (C=O) groups excluding carboxylic acids is 2. The van der Waals surface area contributed by atoms with Gasteiger partial charge in [0.2, 0.25) is 5.91 Å². The number of rotatable bonds is 3. The molecule has 138 valence electrons. The maximum atomic E-state index is 13.1. The molecule has 4 bridgehead atoms. The van der Waals surface area contributed by atoms with Gasteiger partial charge < -0.3 is 0 Å². The maximum Gasteiger partial charge on any atom is 0.251 e. The summed E-state index contributed by atoms with van der Waals surface area (Å²) in [5.74, 6) is 2.37. The molecule has 4 aliphatic carbocycles. The molecule has 1 aliphatic heterocycles. The molecule has 0 aromatic heterocycles. The molecule has 1 atom stereocenters. The number of anilines is 1. The molecule has 26 heavy (non-hydrogen) atoms. The van der Waals surface area contributed by atoms with E-state index in [1.165, 1.54) is 43.4 Å². The summed E-state index contributed by atoms with van der Waals surface area (Å²) in [5, 5.41) is 3.72. The Morgan fingerprint density at radius 3 is 2.19 bits per heavy atom. The third-order valence-electron chi connectivity index (χ3n) is 7.26. The quantitative estimate of drug-likeness (QED) is 0.847. The molecular formula is C22H28N2O2. The highest BCUT2D eigenvalue weighted by molar-refractivity contribution is 6.22. The molecule has 4 saturated carbocycles. The van der Waals surface area contributed by atoms with Crippen molar-refractivity contribution in [1.29, 1.82) is 0 Å². The van der Waals surface area contributed by atoms with Crippen LogP contribution < -0.4 is 10.2 Å². The first-order valence-electron chi connectivity index (χ1n) is 10.1. The van der Waals surface area contributed by atoms with Crippen LogP contribution >= 0.6 is 0 Å². The van der Waals surface area contributed by atoms with Crippen LogP contribution in [0.4, 0.5) is 5.69 Å². The topological polar surface area (TPSA) is 49.4 Å². The summed E-state index contributed by atoms with van der Waals surface area (Å²) >= 11 is 0. The van der Waals surface area contributed by atoms with E-state index in [0.717, 1.165) is 34.6 Å². The van der Waals surface area contributed by atoms with Crippen LogP contribution in [0.5, 0.6) is 0 Å². The first-order chi connectivity index (χ1) is 12.4. The standard InChI is InChI=1S/C22H28N2O2/c1-13-3-4-19(14(2)5-13)24-20(25)9-18(21(24)26)23-22-10-15-6-16(11-22)8-17(7-15)12-22/h3-5,15-18,23H,6-12H2,1-2H3/t15?,16?,17?,18-,22?/m0/s1. The maximum absolute atomic E-state index is 13.1. The number of benzene rings is 1. The Kier molecular flexibility index (Phi) is 3.59. The van der Waals surface area contributed by atoms with Gasteiger partial charge in [-0.1, -0.05) is 17.7 Å². The normalized spacial score (nSPS) is 38.5. The van der Waals surface area contributed by atoms with Gasteiger partial charge in [-0.15, -0.1) is 0 Å². The van der Waals surface area contributed by atoms with Crippen LogP contribution in [-0.2, 0) is 9.59 Å². The van der Waals surface area contributed by atoms with Gasteiger partial charge in [-0.3, -0.25) is 14.9 Å². The Hall–Kier alpha value is -1.68. The largest absolute Gasteiger partial charge is 0.300 e. The van der Waals surface area contributed by atoms with Crippen molar-refractivity contribution in [3.05, 3.63) is 29.3 Å². The fourth-order valence-electron chi connectivity index (χ4n) is 6.71. The fraction of sp³-hybridized carbons (Fsp3) is 0.636. The molecule has 2 amide bonds. The van der Waals surface area contributed by atoms with Crippen molar-refractivity contribution in [2.24, 2.45) is 17.8 Å². The molecule has 5 aliphatic rings. The van der Waals surface area contributed by atoms with Crippen LogP contribution in [0.1, 0.15) is 56.1 Å². The molecule has 5 fully saturated rings. The molecule has 4 heteroatoms. The monoisotopic (exact) mass is 352 g/mol. The molecule has 1 saturated heterocycles. The predicted molar refractivity (Wildman–Crippen MR) is 101 cm³/mol. The molecule has 1 heterocycles. The van der Waals surface area contributed by atoms with E-state index in [-0.39, 0.29) is 23.4 Å². The highest BCUT2D eigenvalue weighted by Crippen LogP contribution is 2.56.